The number of ether oxygens (including phenoxy) is 1. The van der Waals surface area contributed by atoms with Crippen LogP contribution in [0.1, 0.15) is 19.4 Å². The fraction of sp³-hybridized carbons (Fsp3) is 0.214. The van der Waals surface area contributed by atoms with Gasteiger partial charge in [-0.1, -0.05) is 42.5 Å². The van der Waals surface area contributed by atoms with Crippen LogP contribution < -0.4 is 21.1 Å². The lowest BCUT2D eigenvalue weighted by Gasteiger charge is -2.16. The maximum Gasteiger partial charge on any atom is 0.326 e. The predicted octanol–water partition coefficient (Wildman–Crippen LogP) is 5.13. The minimum Gasteiger partial charge on any atom is -0.494 e. The van der Waals surface area contributed by atoms with Crippen LogP contribution in [-0.2, 0) is 17.8 Å². The van der Waals surface area contributed by atoms with Gasteiger partial charge in [-0.2, -0.15) is 0 Å². The largest absolute Gasteiger partial charge is 0.494 e. The van der Waals surface area contributed by atoms with E-state index in [2.05, 4.69) is 22.1 Å². The highest BCUT2D eigenvalue weighted by Crippen LogP contribution is 2.38. The minimum atomic E-state index is -1.10. The molecule has 1 heterocycles. The summed E-state index contributed by atoms with van der Waals surface area (Å²) in [6.45, 7) is 5.31. The van der Waals surface area contributed by atoms with E-state index in [4.69, 9.17) is 10.5 Å². The van der Waals surface area contributed by atoms with Crippen molar-refractivity contribution in [2.75, 3.05) is 17.7 Å². The normalized spacial score (nSPS) is 11.7. The van der Waals surface area contributed by atoms with Gasteiger partial charge in [-0.15, -0.1) is 0 Å². The third kappa shape index (κ3) is 5.27. The second kappa shape index (κ2) is 10.9. The standard InChI is InChI=1S/C28H30N4O4/c1-3-32-24-17-21(36-4-2)14-15-22(24)25(29)26(32)19-10-12-20(13-11-19)30-28(35)31-23(27(33)34)16-18-8-6-5-7-9-18/h5-15,17,23H,3-4,16,29H2,1-2H3,(H,33,34)(H2,30,31,35). The number of amides is 2. The first-order chi connectivity index (χ1) is 17.4. The van der Waals surface area contributed by atoms with E-state index in [1.165, 1.54) is 0 Å². The number of nitrogens with one attached hydrogen (secondary N) is 2. The SMILES string of the molecule is CCOc1ccc2c(N)c(-c3ccc(NC(=O)NC(Cc4ccccc4)C(=O)O)cc3)n(CC)c2c1. The molecule has 0 aliphatic carbocycles. The molecule has 0 spiro atoms. The number of carboxylic acid groups (broad SMARTS) is 1. The fourth-order valence-corrected chi connectivity index (χ4v) is 4.34. The van der Waals surface area contributed by atoms with E-state index in [1.54, 1.807) is 12.1 Å². The minimum absolute atomic E-state index is 0.189. The van der Waals surface area contributed by atoms with Crippen molar-refractivity contribution in [3.63, 3.8) is 0 Å². The second-order valence-electron chi connectivity index (χ2n) is 8.37. The molecule has 8 nitrogen and oxygen atoms in total. The number of rotatable bonds is 9. The zero-order valence-electron chi connectivity index (χ0n) is 20.3. The number of carbonyl (C=O) groups is 2. The van der Waals surface area contributed by atoms with Crippen molar-refractivity contribution in [1.29, 1.82) is 0 Å². The number of nitrogens with two attached hydrogens (primary N) is 1. The molecule has 0 saturated carbocycles. The van der Waals surface area contributed by atoms with E-state index in [-0.39, 0.29) is 6.42 Å². The van der Waals surface area contributed by atoms with E-state index in [0.29, 0.717) is 18.0 Å². The number of hydrogen-bond acceptors (Lipinski definition) is 4. The first-order valence-electron chi connectivity index (χ1n) is 11.9. The molecule has 1 aromatic heterocycles. The van der Waals surface area contributed by atoms with Crippen LogP contribution in [-0.4, -0.2) is 34.3 Å². The molecule has 36 heavy (non-hydrogen) atoms. The maximum absolute atomic E-state index is 12.5. The molecule has 0 radical (unpaired) electrons. The summed E-state index contributed by atoms with van der Waals surface area (Å²) in [7, 11) is 0. The number of aryl methyl sites for hydroxylation is 1. The zero-order chi connectivity index (χ0) is 25.7. The molecule has 4 aromatic rings. The van der Waals surface area contributed by atoms with Crippen molar-refractivity contribution in [1.82, 2.24) is 9.88 Å². The number of urea groups is 1. The molecule has 0 aliphatic rings. The Balaban J connectivity index is 1.51. The average molecular weight is 487 g/mol. The van der Waals surface area contributed by atoms with Gasteiger partial charge in [0.05, 0.1) is 23.5 Å². The Kier molecular flexibility index (Phi) is 7.44. The Morgan fingerprint density at radius 1 is 1.03 bits per heavy atom. The lowest BCUT2D eigenvalue weighted by molar-refractivity contribution is -0.139. The van der Waals surface area contributed by atoms with Gasteiger partial charge in [0.25, 0.3) is 0 Å². The Hall–Kier alpha value is -4.46. The van der Waals surface area contributed by atoms with Gasteiger partial charge in [-0.3, -0.25) is 0 Å². The number of carboxylic acids is 1. The van der Waals surface area contributed by atoms with Crippen molar-refractivity contribution >= 4 is 34.3 Å². The van der Waals surface area contributed by atoms with Crippen LogP contribution in [0, 0.1) is 0 Å². The van der Waals surface area contributed by atoms with Crippen molar-refractivity contribution in [2.24, 2.45) is 0 Å². The quantitative estimate of drug-likeness (QED) is 0.262. The number of aliphatic carboxylic acids is 1. The summed E-state index contributed by atoms with van der Waals surface area (Å²) in [5.74, 6) is -0.305. The highest BCUT2D eigenvalue weighted by molar-refractivity contribution is 6.01. The van der Waals surface area contributed by atoms with Gasteiger partial charge in [-0.25, -0.2) is 9.59 Å². The van der Waals surface area contributed by atoms with Crippen LogP contribution in [0.5, 0.6) is 5.75 Å². The summed E-state index contributed by atoms with van der Waals surface area (Å²) in [6.07, 6.45) is 0.189. The van der Waals surface area contributed by atoms with E-state index >= 15 is 0 Å². The molecule has 0 bridgehead atoms. The fourth-order valence-electron chi connectivity index (χ4n) is 4.34. The van der Waals surface area contributed by atoms with E-state index in [1.807, 2.05) is 67.6 Å². The van der Waals surface area contributed by atoms with Gasteiger partial charge in [0.15, 0.2) is 0 Å². The van der Waals surface area contributed by atoms with Gasteiger partial charge in [0.2, 0.25) is 0 Å². The molecule has 8 heteroatoms. The maximum atomic E-state index is 12.5. The smallest absolute Gasteiger partial charge is 0.326 e. The summed E-state index contributed by atoms with van der Waals surface area (Å²) in [5.41, 5.74) is 11.4. The molecule has 1 unspecified atom stereocenters. The molecule has 186 valence electrons. The molecule has 1 atom stereocenters. The third-order valence-electron chi connectivity index (χ3n) is 6.00. The van der Waals surface area contributed by atoms with Crippen molar-refractivity contribution < 1.29 is 19.4 Å². The van der Waals surface area contributed by atoms with Crippen LogP contribution in [0.4, 0.5) is 16.2 Å². The summed E-state index contributed by atoms with van der Waals surface area (Å²) in [6, 6.07) is 20.7. The summed E-state index contributed by atoms with van der Waals surface area (Å²) >= 11 is 0. The average Bonchev–Trinajstić information content (AvgIpc) is 3.15. The Bertz CT molecular complexity index is 1360. The number of benzene rings is 3. The molecular formula is C28H30N4O4. The highest BCUT2D eigenvalue weighted by atomic mass is 16.5. The van der Waals surface area contributed by atoms with Gasteiger partial charge in [0.1, 0.15) is 11.8 Å². The number of fused-ring (bicyclic) bond motifs is 1. The van der Waals surface area contributed by atoms with Gasteiger partial charge < -0.3 is 30.8 Å². The molecular weight excluding hydrogens is 456 g/mol. The molecule has 0 aliphatic heterocycles. The molecule has 0 fully saturated rings. The Morgan fingerprint density at radius 2 is 1.75 bits per heavy atom. The molecule has 4 rings (SSSR count). The number of nitrogen functional groups attached to an aromatic ring is 1. The van der Waals surface area contributed by atoms with Gasteiger partial charge in [-0.05, 0) is 43.7 Å². The summed E-state index contributed by atoms with van der Waals surface area (Å²) in [5, 5.41) is 15.7. The Labute approximate surface area is 209 Å². The number of aromatic nitrogens is 1. The lowest BCUT2D eigenvalue weighted by Crippen LogP contribution is -2.44. The third-order valence-corrected chi connectivity index (χ3v) is 6.00. The van der Waals surface area contributed by atoms with Gasteiger partial charge >= 0.3 is 12.0 Å². The first kappa shape index (κ1) is 24.7. The van der Waals surface area contributed by atoms with Crippen molar-refractivity contribution in [3.8, 4) is 17.0 Å². The van der Waals surface area contributed by atoms with Crippen LogP contribution in [0.3, 0.4) is 0 Å². The Morgan fingerprint density at radius 3 is 2.39 bits per heavy atom. The van der Waals surface area contributed by atoms with E-state index in [0.717, 1.165) is 40.0 Å². The predicted molar refractivity (Wildman–Crippen MR) is 142 cm³/mol. The van der Waals surface area contributed by atoms with Crippen LogP contribution in [0.2, 0.25) is 0 Å². The van der Waals surface area contributed by atoms with Gasteiger partial charge in [0, 0.05) is 35.7 Å². The number of nitrogens with zero attached hydrogens (tertiary/aromatic N) is 1. The van der Waals surface area contributed by atoms with Crippen LogP contribution in [0.15, 0.2) is 72.8 Å². The molecule has 5 N–H and O–H groups in total. The number of carbonyl (C=O) groups excluding carboxylic acids is 1. The van der Waals surface area contributed by atoms with E-state index in [9.17, 15) is 14.7 Å². The summed E-state index contributed by atoms with van der Waals surface area (Å²) < 4.78 is 7.80. The molecule has 2 amide bonds. The molecule has 3 aromatic carbocycles. The molecule has 0 saturated heterocycles. The second-order valence-corrected chi connectivity index (χ2v) is 8.37. The number of anilines is 2. The van der Waals surface area contributed by atoms with Crippen molar-refractivity contribution in [2.45, 2.75) is 32.9 Å². The van der Waals surface area contributed by atoms with Crippen molar-refractivity contribution in [3.05, 3.63) is 78.4 Å². The highest BCUT2D eigenvalue weighted by Gasteiger charge is 2.21. The van der Waals surface area contributed by atoms with Crippen LogP contribution in [0.25, 0.3) is 22.2 Å². The zero-order valence-corrected chi connectivity index (χ0v) is 20.3. The summed E-state index contributed by atoms with van der Waals surface area (Å²) in [4.78, 5) is 24.2. The monoisotopic (exact) mass is 486 g/mol. The first-order valence-corrected chi connectivity index (χ1v) is 11.9. The lowest BCUT2D eigenvalue weighted by atomic mass is 10.1. The topological polar surface area (TPSA) is 119 Å². The number of hydrogen-bond donors (Lipinski definition) is 4. The van der Waals surface area contributed by atoms with Crippen LogP contribution >= 0.6 is 0 Å². The van der Waals surface area contributed by atoms with E-state index < -0.39 is 18.0 Å².